The van der Waals surface area contributed by atoms with Gasteiger partial charge in [0.15, 0.2) is 5.11 Å². The molecular weight excluding hydrogens is 342 g/mol. The van der Waals surface area contributed by atoms with Crippen LogP contribution in [-0.4, -0.2) is 30.0 Å². The zero-order valence-electron chi connectivity index (χ0n) is 15.7. The van der Waals surface area contributed by atoms with Crippen molar-refractivity contribution in [2.75, 3.05) is 19.4 Å². The summed E-state index contributed by atoms with van der Waals surface area (Å²) in [5, 5.41) is 6.57. The molecule has 0 atom stereocenters. The molecule has 0 fully saturated rings. The lowest BCUT2D eigenvalue weighted by Crippen LogP contribution is -2.30. The SMILES string of the molecule is CCCCc1ccc(NC(=S)N(C)Cc2ccc(C(=O)NC)cc2)cc1. The molecule has 2 aromatic carbocycles. The number of rotatable bonds is 7. The predicted octanol–water partition coefficient (Wildman–Crippen LogP) is 4.22. The van der Waals surface area contributed by atoms with Gasteiger partial charge in [-0.25, -0.2) is 0 Å². The molecule has 0 saturated carbocycles. The third kappa shape index (κ3) is 5.85. The van der Waals surface area contributed by atoms with Gasteiger partial charge in [-0.05, 0) is 60.5 Å². The molecule has 5 heteroatoms. The lowest BCUT2D eigenvalue weighted by molar-refractivity contribution is 0.0963. The Morgan fingerprint density at radius 3 is 2.23 bits per heavy atom. The van der Waals surface area contributed by atoms with Crippen molar-refractivity contribution >= 4 is 28.9 Å². The molecule has 26 heavy (non-hydrogen) atoms. The maximum absolute atomic E-state index is 11.6. The Balaban J connectivity index is 1.89. The zero-order valence-corrected chi connectivity index (χ0v) is 16.5. The van der Waals surface area contributed by atoms with Crippen LogP contribution in [0.2, 0.25) is 0 Å². The van der Waals surface area contributed by atoms with Gasteiger partial charge in [0.2, 0.25) is 0 Å². The van der Waals surface area contributed by atoms with Crippen LogP contribution in [0.3, 0.4) is 0 Å². The number of thiocarbonyl (C=S) groups is 1. The highest BCUT2D eigenvalue weighted by atomic mass is 32.1. The van der Waals surface area contributed by atoms with Crippen molar-refractivity contribution in [1.29, 1.82) is 0 Å². The van der Waals surface area contributed by atoms with E-state index in [0.717, 1.165) is 17.7 Å². The lowest BCUT2D eigenvalue weighted by atomic mass is 10.1. The van der Waals surface area contributed by atoms with Crippen LogP contribution in [-0.2, 0) is 13.0 Å². The van der Waals surface area contributed by atoms with Gasteiger partial charge in [0.25, 0.3) is 5.91 Å². The van der Waals surface area contributed by atoms with Gasteiger partial charge >= 0.3 is 0 Å². The number of aryl methyl sites for hydroxylation is 1. The first-order valence-electron chi connectivity index (χ1n) is 8.95. The summed E-state index contributed by atoms with van der Waals surface area (Å²) in [5.41, 5.74) is 4.10. The molecule has 0 spiro atoms. The minimum absolute atomic E-state index is 0.0792. The Hall–Kier alpha value is -2.40. The molecule has 2 rings (SSSR count). The standard InChI is InChI=1S/C21H27N3OS/c1-4-5-6-16-9-13-19(14-10-16)23-21(26)24(3)15-17-7-11-18(12-8-17)20(25)22-2/h7-14H,4-6,15H2,1-3H3,(H,22,25)(H,23,26). The quantitative estimate of drug-likeness (QED) is 0.718. The summed E-state index contributed by atoms with van der Waals surface area (Å²) >= 11 is 5.50. The van der Waals surface area contributed by atoms with Crippen LogP contribution in [0.1, 0.15) is 41.3 Å². The van der Waals surface area contributed by atoms with Crippen LogP contribution in [0.15, 0.2) is 48.5 Å². The molecular formula is C21H27N3OS. The Morgan fingerprint density at radius 2 is 1.65 bits per heavy atom. The summed E-state index contributed by atoms with van der Waals surface area (Å²) in [7, 11) is 3.59. The van der Waals surface area contributed by atoms with Gasteiger partial charge in [-0.2, -0.15) is 0 Å². The highest BCUT2D eigenvalue weighted by Crippen LogP contribution is 2.13. The lowest BCUT2D eigenvalue weighted by Gasteiger charge is -2.21. The topological polar surface area (TPSA) is 44.4 Å². The van der Waals surface area contributed by atoms with E-state index in [4.69, 9.17) is 12.2 Å². The minimum atomic E-state index is -0.0792. The number of benzene rings is 2. The van der Waals surface area contributed by atoms with Crippen LogP contribution < -0.4 is 10.6 Å². The molecule has 0 unspecified atom stereocenters. The van der Waals surface area contributed by atoms with E-state index in [9.17, 15) is 4.79 Å². The number of carbonyl (C=O) groups excluding carboxylic acids is 1. The highest BCUT2D eigenvalue weighted by molar-refractivity contribution is 7.80. The molecule has 0 radical (unpaired) electrons. The number of unbranched alkanes of at least 4 members (excludes halogenated alkanes) is 1. The van der Waals surface area contributed by atoms with Gasteiger partial charge in [-0.3, -0.25) is 4.79 Å². The van der Waals surface area contributed by atoms with E-state index in [1.54, 1.807) is 7.05 Å². The van der Waals surface area contributed by atoms with Crippen molar-refractivity contribution in [1.82, 2.24) is 10.2 Å². The number of nitrogens with zero attached hydrogens (tertiary/aromatic N) is 1. The Kier molecular flexibility index (Phi) is 7.60. The largest absolute Gasteiger partial charge is 0.355 e. The Morgan fingerprint density at radius 1 is 1.04 bits per heavy atom. The second kappa shape index (κ2) is 9.92. The van der Waals surface area contributed by atoms with Crippen LogP contribution in [0, 0.1) is 0 Å². The summed E-state index contributed by atoms with van der Waals surface area (Å²) in [5.74, 6) is -0.0792. The molecule has 138 valence electrons. The molecule has 1 amide bonds. The van der Waals surface area contributed by atoms with Gasteiger partial charge in [0.1, 0.15) is 0 Å². The average molecular weight is 370 g/mol. The van der Waals surface area contributed by atoms with Crippen molar-refractivity contribution in [3.05, 3.63) is 65.2 Å². The molecule has 0 heterocycles. The fourth-order valence-electron chi connectivity index (χ4n) is 2.61. The summed E-state index contributed by atoms with van der Waals surface area (Å²) < 4.78 is 0. The molecule has 2 N–H and O–H groups in total. The van der Waals surface area contributed by atoms with E-state index < -0.39 is 0 Å². The zero-order chi connectivity index (χ0) is 18.9. The first kappa shape index (κ1) is 19.9. The number of amides is 1. The summed E-state index contributed by atoms with van der Waals surface area (Å²) in [6.07, 6.45) is 3.54. The summed E-state index contributed by atoms with van der Waals surface area (Å²) in [6.45, 7) is 2.88. The fourth-order valence-corrected chi connectivity index (χ4v) is 2.79. The van der Waals surface area contributed by atoms with Crippen LogP contribution >= 0.6 is 12.2 Å². The van der Waals surface area contributed by atoms with Crippen molar-refractivity contribution in [2.24, 2.45) is 0 Å². The molecule has 2 aromatic rings. The fraction of sp³-hybridized carbons (Fsp3) is 0.333. The molecule has 0 aliphatic heterocycles. The van der Waals surface area contributed by atoms with Crippen LogP contribution in [0.25, 0.3) is 0 Å². The predicted molar refractivity (Wildman–Crippen MR) is 113 cm³/mol. The van der Waals surface area contributed by atoms with Crippen molar-refractivity contribution in [3.63, 3.8) is 0 Å². The summed E-state index contributed by atoms with van der Waals surface area (Å²) in [6, 6.07) is 16.0. The van der Waals surface area contributed by atoms with Crippen molar-refractivity contribution in [3.8, 4) is 0 Å². The maximum Gasteiger partial charge on any atom is 0.251 e. The van der Waals surface area contributed by atoms with Gasteiger partial charge in [0, 0.05) is 31.9 Å². The molecule has 0 aliphatic rings. The van der Waals surface area contributed by atoms with Gasteiger partial charge in [0.05, 0.1) is 0 Å². The number of hydrogen-bond acceptors (Lipinski definition) is 2. The Bertz CT molecular complexity index is 726. The number of hydrogen-bond donors (Lipinski definition) is 2. The first-order valence-corrected chi connectivity index (χ1v) is 9.36. The van der Waals surface area contributed by atoms with E-state index >= 15 is 0 Å². The molecule has 0 aromatic heterocycles. The molecule has 4 nitrogen and oxygen atoms in total. The summed E-state index contributed by atoms with van der Waals surface area (Å²) in [4.78, 5) is 13.6. The third-order valence-electron chi connectivity index (χ3n) is 4.23. The smallest absolute Gasteiger partial charge is 0.251 e. The van der Waals surface area contributed by atoms with Crippen LogP contribution in [0.4, 0.5) is 5.69 Å². The first-order chi connectivity index (χ1) is 12.5. The number of anilines is 1. The van der Waals surface area contributed by atoms with Crippen molar-refractivity contribution < 1.29 is 4.79 Å². The van der Waals surface area contributed by atoms with Gasteiger partial charge in [-0.15, -0.1) is 0 Å². The van der Waals surface area contributed by atoms with E-state index in [2.05, 4.69) is 41.8 Å². The molecule has 0 aliphatic carbocycles. The minimum Gasteiger partial charge on any atom is -0.355 e. The maximum atomic E-state index is 11.6. The molecule has 0 bridgehead atoms. The molecule has 0 saturated heterocycles. The van der Waals surface area contributed by atoms with Crippen LogP contribution in [0.5, 0.6) is 0 Å². The third-order valence-corrected chi connectivity index (χ3v) is 4.65. The average Bonchev–Trinajstić information content (AvgIpc) is 2.67. The highest BCUT2D eigenvalue weighted by Gasteiger charge is 2.07. The van der Waals surface area contributed by atoms with E-state index in [0.29, 0.717) is 17.2 Å². The Labute approximate surface area is 161 Å². The van der Waals surface area contributed by atoms with E-state index in [1.807, 2.05) is 36.2 Å². The number of carbonyl (C=O) groups is 1. The van der Waals surface area contributed by atoms with Gasteiger partial charge in [-0.1, -0.05) is 37.6 Å². The van der Waals surface area contributed by atoms with Gasteiger partial charge < -0.3 is 15.5 Å². The normalized spacial score (nSPS) is 10.3. The van der Waals surface area contributed by atoms with E-state index in [1.165, 1.54) is 18.4 Å². The number of nitrogens with one attached hydrogen (secondary N) is 2. The monoisotopic (exact) mass is 369 g/mol. The second-order valence-electron chi connectivity index (χ2n) is 6.36. The van der Waals surface area contributed by atoms with Crippen molar-refractivity contribution in [2.45, 2.75) is 32.7 Å². The van der Waals surface area contributed by atoms with E-state index in [-0.39, 0.29) is 5.91 Å². The second-order valence-corrected chi connectivity index (χ2v) is 6.75.